The zero-order valence-corrected chi connectivity index (χ0v) is 11.8. The Labute approximate surface area is 114 Å². The van der Waals surface area contributed by atoms with Gasteiger partial charge in [0, 0.05) is 13.1 Å². The van der Waals surface area contributed by atoms with Crippen LogP contribution in [0.4, 0.5) is 0 Å². The summed E-state index contributed by atoms with van der Waals surface area (Å²) in [6.07, 6.45) is 0.733. The second kappa shape index (κ2) is 7.89. The summed E-state index contributed by atoms with van der Waals surface area (Å²) in [6.45, 7) is 3.46. The van der Waals surface area contributed by atoms with Crippen molar-refractivity contribution in [2.24, 2.45) is 0 Å². The minimum absolute atomic E-state index is 0.112. The van der Waals surface area contributed by atoms with E-state index < -0.39 is 10.0 Å². The minimum Gasteiger partial charge on any atom is -0.313 e. The maximum atomic E-state index is 11.2. The highest BCUT2D eigenvalue weighted by Gasteiger charge is 2.03. The molecule has 0 aliphatic carbocycles. The second-order valence-electron chi connectivity index (χ2n) is 4.14. The molecular weight excluding hydrogens is 262 g/mol. The van der Waals surface area contributed by atoms with Crippen LogP contribution in [0.5, 0.6) is 0 Å². The summed E-state index contributed by atoms with van der Waals surface area (Å²) < 4.78 is 24.8. The van der Waals surface area contributed by atoms with Gasteiger partial charge in [-0.1, -0.05) is 12.1 Å². The number of nitrogens with zero attached hydrogens (tertiary/aromatic N) is 1. The third kappa shape index (κ3) is 6.34. The Hall–Kier alpha value is -1.42. The fourth-order valence-electron chi connectivity index (χ4n) is 1.53. The number of hydrogen-bond acceptors (Lipinski definition) is 4. The quantitative estimate of drug-likeness (QED) is 0.696. The van der Waals surface area contributed by atoms with Crippen LogP contribution >= 0.6 is 0 Å². The van der Waals surface area contributed by atoms with Gasteiger partial charge in [-0.3, -0.25) is 0 Å². The van der Waals surface area contributed by atoms with E-state index in [1.807, 2.05) is 18.2 Å². The first kappa shape index (κ1) is 15.6. The number of nitrogens with one attached hydrogen (secondary N) is 2. The average Bonchev–Trinajstić information content (AvgIpc) is 2.43. The molecule has 0 atom stereocenters. The number of benzene rings is 1. The van der Waals surface area contributed by atoms with Crippen LogP contribution in [0.2, 0.25) is 0 Å². The highest BCUT2D eigenvalue weighted by atomic mass is 32.2. The SMILES string of the molecule is CCS(=O)(=O)NCCCNCc1cccc(C#N)c1. The Morgan fingerprint density at radius 2 is 2.11 bits per heavy atom. The van der Waals surface area contributed by atoms with Gasteiger partial charge in [0.2, 0.25) is 10.0 Å². The third-order valence-corrected chi connectivity index (χ3v) is 4.02. The van der Waals surface area contributed by atoms with Gasteiger partial charge < -0.3 is 5.32 Å². The van der Waals surface area contributed by atoms with E-state index in [1.54, 1.807) is 13.0 Å². The third-order valence-electron chi connectivity index (χ3n) is 2.62. The molecule has 0 aliphatic heterocycles. The lowest BCUT2D eigenvalue weighted by molar-refractivity contribution is 0.574. The van der Waals surface area contributed by atoms with Crippen LogP contribution in [-0.2, 0) is 16.6 Å². The average molecular weight is 281 g/mol. The van der Waals surface area contributed by atoms with Crippen LogP contribution in [0, 0.1) is 11.3 Å². The Morgan fingerprint density at radius 3 is 2.79 bits per heavy atom. The van der Waals surface area contributed by atoms with Gasteiger partial charge in [0.1, 0.15) is 0 Å². The van der Waals surface area contributed by atoms with E-state index in [9.17, 15) is 8.42 Å². The van der Waals surface area contributed by atoms with Gasteiger partial charge in [-0.25, -0.2) is 13.1 Å². The zero-order valence-electron chi connectivity index (χ0n) is 11.0. The molecule has 0 bridgehead atoms. The molecule has 0 amide bonds. The standard InChI is InChI=1S/C13H19N3O2S/c1-2-19(17,18)16-8-4-7-15-11-13-6-3-5-12(9-13)10-14/h3,5-6,9,15-16H,2,4,7-8,11H2,1H3. The summed E-state index contributed by atoms with van der Waals surface area (Å²) in [5, 5.41) is 12.0. The molecule has 0 saturated carbocycles. The number of sulfonamides is 1. The molecule has 0 spiro atoms. The molecule has 19 heavy (non-hydrogen) atoms. The van der Waals surface area contributed by atoms with Crippen molar-refractivity contribution in [1.29, 1.82) is 5.26 Å². The predicted octanol–water partition coefficient (Wildman–Crippen LogP) is 0.977. The number of nitriles is 1. The van der Waals surface area contributed by atoms with E-state index in [2.05, 4.69) is 16.1 Å². The van der Waals surface area contributed by atoms with E-state index in [0.717, 1.165) is 18.5 Å². The maximum Gasteiger partial charge on any atom is 0.211 e. The molecule has 0 saturated heterocycles. The van der Waals surface area contributed by atoms with Crippen molar-refractivity contribution in [2.75, 3.05) is 18.8 Å². The Kier molecular flexibility index (Phi) is 6.50. The predicted molar refractivity (Wildman–Crippen MR) is 74.9 cm³/mol. The topological polar surface area (TPSA) is 82.0 Å². The molecule has 0 aliphatic rings. The summed E-state index contributed by atoms with van der Waals surface area (Å²) in [4.78, 5) is 0. The molecule has 1 aromatic carbocycles. The molecule has 2 N–H and O–H groups in total. The molecular formula is C13H19N3O2S. The highest BCUT2D eigenvalue weighted by molar-refractivity contribution is 7.89. The Morgan fingerprint density at radius 1 is 1.32 bits per heavy atom. The van der Waals surface area contributed by atoms with Gasteiger partial charge in [0.25, 0.3) is 0 Å². The Bertz CT molecular complexity index is 535. The van der Waals surface area contributed by atoms with Gasteiger partial charge >= 0.3 is 0 Å². The number of rotatable bonds is 8. The smallest absolute Gasteiger partial charge is 0.211 e. The molecule has 0 unspecified atom stereocenters. The van der Waals surface area contributed by atoms with Gasteiger partial charge in [-0.15, -0.1) is 0 Å². The van der Waals surface area contributed by atoms with Gasteiger partial charge in [-0.05, 0) is 37.6 Å². The molecule has 104 valence electrons. The fraction of sp³-hybridized carbons (Fsp3) is 0.462. The van der Waals surface area contributed by atoms with Crippen LogP contribution in [-0.4, -0.2) is 27.3 Å². The first-order valence-corrected chi connectivity index (χ1v) is 7.89. The van der Waals surface area contributed by atoms with Crippen molar-refractivity contribution in [3.05, 3.63) is 35.4 Å². The van der Waals surface area contributed by atoms with Gasteiger partial charge in [0.05, 0.1) is 17.4 Å². The normalized spacial score (nSPS) is 11.2. The summed E-state index contributed by atoms with van der Waals surface area (Å²) in [7, 11) is -3.08. The van der Waals surface area contributed by atoms with Gasteiger partial charge in [-0.2, -0.15) is 5.26 Å². The van der Waals surface area contributed by atoms with Crippen molar-refractivity contribution in [1.82, 2.24) is 10.0 Å². The monoisotopic (exact) mass is 281 g/mol. The van der Waals surface area contributed by atoms with Crippen LogP contribution < -0.4 is 10.0 Å². The second-order valence-corrected chi connectivity index (χ2v) is 6.24. The lowest BCUT2D eigenvalue weighted by Gasteiger charge is -2.06. The van der Waals surface area contributed by atoms with E-state index in [1.165, 1.54) is 0 Å². The van der Waals surface area contributed by atoms with Crippen LogP contribution in [0.3, 0.4) is 0 Å². The van der Waals surface area contributed by atoms with Crippen LogP contribution in [0.15, 0.2) is 24.3 Å². The summed E-state index contributed by atoms with van der Waals surface area (Å²) in [5.41, 5.74) is 1.70. The zero-order chi connectivity index (χ0) is 14.1. The largest absolute Gasteiger partial charge is 0.313 e. The van der Waals surface area contributed by atoms with Gasteiger partial charge in [0.15, 0.2) is 0 Å². The van der Waals surface area contributed by atoms with Crippen molar-refractivity contribution in [3.8, 4) is 6.07 Å². The molecule has 6 heteroatoms. The van der Waals surface area contributed by atoms with Crippen LogP contribution in [0.25, 0.3) is 0 Å². The molecule has 0 heterocycles. The van der Waals surface area contributed by atoms with Crippen molar-refractivity contribution >= 4 is 10.0 Å². The number of hydrogen-bond donors (Lipinski definition) is 2. The molecule has 5 nitrogen and oxygen atoms in total. The van der Waals surface area contributed by atoms with E-state index >= 15 is 0 Å². The molecule has 0 fully saturated rings. The Balaban J connectivity index is 2.19. The first-order chi connectivity index (χ1) is 9.07. The summed E-state index contributed by atoms with van der Waals surface area (Å²) in [5.74, 6) is 0.112. The van der Waals surface area contributed by atoms with E-state index in [0.29, 0.717) is 18.7 Å². The summed E-state index contributed by atoms with van der Waals surface area (Å²) in [6, 6.07) is 9.51. The highest BCUT2D eigenvalue weighted by Crippen LogP contribution is 2.03. The lowest BCUT2D eigenvalue weighted by Crippen LogP contribution is -2.28. The molecule has 0 aromatic heterocycles. The van der Waals surface area contributed by atoms with E-state index in [-0.39, 0.29) is 5.75 Å². The molecule has 0 radical (unpaired) electrons. The van der Waals surface area contributed by atoms with Crippen molar-refractivity contribution < 1.29 is 8.42 Å². The van der Waals surface area contributed by atoms with Crippen molar-refractivity contribution in [3.63, 3.8) is 0 Å². The lowest BCUT2D eigenvalue weighted by atomic mass is 10.1. The molecule has 1 aromatic rings. The van der Waals surface area contributed by atoms with Crippen LogP contribution in [0.1, 0.15) is 24.5 Å². The molecule has 1 rings (SSSR count). The first-order valence-electron chi connectivity index (χ1n) is 6.24. The van der Waals surface area contributed by atoms with E-state index in [4.69, 9.17) is 5.26 Å². The summed E-state index contributed by atoms with van der Waals surface area (Å²) >= 11 is 0. The minimum atomic E-state index is -3.08. The van der Waals surface area contributed by atoms with Crippen molar-refractivity contribution in [2.45, 2.75) is 19.9 Å². The fourth-order valence-corrected chi connectivity index (χ4v) is 2.19. The maximum absolute atomic E-state index is 11.2.